The van der Waals surface area contributed by atoms with Crippen molar-refractivity contribution in [3.8, 4) is 0 Å². The second-order valence-electron chi connectivity index (χ2n) is 3.28. The Morgan fingerprint density at radius 1 is 1.44 bits per heavy atom. The van der Waals surface area contributed by atoms with Crippen molar-refractivity contribution in [3.63, 3.8) is 0 Å². The first kappa shape index (κ1) is 13.2. The van der Waals surface area contributed by atoms with E-state index in [1.807, 2.05) is 22.6 Å². The van der Waals surface area contributed by atoms with Crippen molar-refractivity contribution in [1.82, 2.24) is 0 Å². The molecule has 2 N–H and O–H groups in total. The molecular formula is C10H13IN2O3. The molecule has 0 saturated carbocycles. The van der Waals surface area contributed by atoms with Crippen LogP contribution in [0.4, 0.5) is 11.4 Å². The standard InChI is InChI=1S/C10H13IN2O3/c11-9-7-8(12-5-1-2-6-14)3-4-10(9)13(15)16/h3-4,7,12,14H,1-2,5-6H2. The summed E-state index contributed by atoms with van der Waals surface area (Å²) < 4.78 is 0.620. The Bertz CT molecular complexity index is 371. The summed E-state index contributed by atoms with van der Waals surface area (Å²) in [6.45, 7) is 0.952. The van der Waals surface area contributed by atoms with E-state index in [1.165, 1.54) is 6.07 Å². The third kappa shape index (κ3) is 3.93. The minimum Gasteiger partial charge on any atom is -0.396 e. The molecule has 1 aromatic rings. The van der Waals surface area contributed by atoms with E-state index in [1.54, 1.807) is 12.1 Å². The van der Waals surface area contributed by atoms with Crippen LogP contribution in [0, 0.1) is 13.7 Å². The summed E-state index contributed by atoms with van der Waals surface area (Å²) >= 11 is 1.95. The number of anilines is 1. The van der Waals surface area contributed by atoms with E-state index in [4.69, 9.17) is 5.11 Å². The van der Waals surface area contributed by atoms with E-state index < -0.39 is 4.92 Å². The summed E-state index contributed by atoms with van der Waals surface area (Å²) in [5.74, 6) is 0. The second-order valence-corrected chi connectivity index (χ2v) is 4.44. The summed E-state index contributed by atoms with van der Waals surface area (Å²) in [4.78, 5) is 10.2. The number of hydrogen-bond acceptors (Lipinski definition) is 4. The highest BCUT2D eigenvalue weighted by Crippen LogP contribution is 2.23. The first-order valence-electron chi connectivity index (χ1n) is 4.94. The molecule has 16 heavy (non-hydrogen) atoms. The first-order valence-corrected chi connectivity index (χ1v) is 6.01. The van der Waals surface area contributed by atoms with Gasteiger partial charge in [0.25, 0.3) is 5.69 Å². The van der Waals surface area contributed by atoms with Gasteiger partial charge in [-0.25, -0.2) is 0 Å². The lowest BCUT2D eigenvalue weighted by Gasteiger charge is -2.06. The largest absolute Gasteiger partial charge is 0.396 e. The van der Waals surface area contributed by atoms with Gasteiger partial charge in [0.15, 0.2) is 0 Å². The maximum atomic E-state index is 10.6. The Labute approximate surface area is 107 Å². The Morgan fingerprint density at radius 2 is 2.19 bits per heavy atom. The van der Waals surface area contributed by atoms with Gasteiger partial charge in [-0.1, -0.05) is 0 Å². The number of aliphatic hydroxyl groups is 1. The molecule has 0 spiro atoms. The van der Waals surface area contributed by atoms with Crippen LogP contribution in [0.25, 0.3) is 0 Å². The number of nitro benzene ring substituents is 1. The molecule has 0 unspecified atom stereocenters. The van der Waals surface area contributed by atoms with Gasteiger partial charge in [0.1, 0.15) is 0 Å². The molecule has 0 saturated heterocycles. The summed E-state index contributed by atoms with van der Waals surface area (Å²) in [6.07, 6.45) is 1.64. The summed E-state index contributed by atoms with van der Waals surface area (Å²) in [5.41, 5.74) is 0.995. The van der Waals surface area contributed by atoms with E-state index in [9.17, 15) is 10.1 Å². The van der Waals surface area contributed by atoms with Crippen molar-refractivity contribution in [1.29, 1.82) is 0 Å². The zero-order valence-electron chi connectivity index (χ0n) is 8.65. The number of rotatable bonds is 6. The average molecular weight is 336 g/mol. The zero-order valence-corrected chi connectivity index (χ0v) is 10.8. The summed E-state index contributed by atoms with van der Waals surface area (Å²) in [6, 6.07) is 4.94. The van der Waals surface area contributed by atoms with Gasteiger partial charge in [0.05, 0.1) is 8.49 Å². The van der Waals surface area contributed by atoms with Gasteiger partial charge in [-0.2, -0.15) is 0 Å². The van der Waals surface area contributed by atoms with Crippen LogP contribution in [0.5, 0.6) is 0 Å². The molecule has 0 bridgehead atoms. The predicted molar refractivity (Wildman–Crippen MR) is 70.6 cm³/mol. The molecule has 1 rings (SSSR count). The number of nitrogens with zero attached hydrogens (tertiary/aromatic N) is 1. The van der Waals surface area contributed by atoms with Crippen molar-refractivity contribution in [2.24, 2.45) is 0 Å². The predicted octanol–water partition coefficient (Wildman–Crippen LogP) is 2.38. The molecule has 1 aromatic carbocycles. The number of halogens is 1. The van der Waals surface area contributed by atoms with E-state index in [2.05, 4.69) is 5.32 Å². The highest BCUT2D eigenvalue weighted by atomic mass is 127. The molecule has 0 atom stereocenters. The molecule has 0 heterocycles. The van der Waals surface area contributed by atoms with Gasteiger partial charge in [-0.15, -0.1) is 0 Å². The van der Waals surface area contributed by atoms with Crippen molar-refractivity contribution < 1.29 is 10.0 Å². The van der Waals surface area contributed by atoms with Gasteiger partial charge >= 0.3 is 0 Å². The number of aliphatic hydroxyl groups excluding tert-OH is 1. The Kier molecular flexibility index (Phi) is 5.47. The average Bonchev–Trinajstić information content (AvgIpc) is 2.24. The van der Waals surface area contributed by atoms with Crippen LogP contribution in [0.15, 0.2) is 18.2 Å². The summed E-state index contributed by atoms with van der Waals surface area (Å²) in [7, 11) is 0. The number of nitrogens with one attached hydrogen (secondary N) is 1. The Balaban J connectivity index is 2.56. The SMILES string of the molecule is O=[N+]([O-])c1ccc(NCCCCO)cc1I. The lowest BCUT2D eigenvalue weighted by molar-refractivity contribution is -0.385. The van der Waals surface area contributed by atoms with E-state index in [0.717, 1.165) is 25.1 Å². The number of hydrogen-bond donors (Lipinski definition) is 2. The van der Waals surface area contributed by atoms with Crippen molar-refractivity contribution in [3.05, 3.63) is 31.9 Å². The van der Waals surface area contributed by atoms with E-state index >= 15 is 0 Å². The van der Waals surface area contributed by atoms with E-state index in [0.29, 0.717) is 3.57 Å². The molecule has 0 aliphatic heterocycles. The third-order valence-electron chi connectivity index (χ3n) is 2.06. The fraction of sp³-hybridized carbons (Fsp3) is 0.400. The normalized spacial score (nSPS) is 10.1. The molecule has 0 aliphatic carbocycles. The van der Waals surface area contributed by atoms with Gasteiger partial charge in [0, 0.05) is 24.9 Å². The van der Waals surface area contributed by atoms with Gasteiger partial charge < -0.3 is 10.4 Å². The smallest absolute Gasteiger partial charge is 0.282 e. The van der Waals surface area contributed by atoms with Crippen LogP contribution in [-0.4, -0.2) is 23.2 Å². The highest BCUT2D eigenvalue weighted by Gasteiger charge is 2.10. The fourth-order valence-electron chi connectivity index (χ4n) is 1.23. The first-order chi connectivity index (χ1) is 7.65. The zero-order chi connectivity index (χ0) is 12.0. The minimum absolute atomic E-state index is 0.126. The van der Waals surface area contributed by atoms with Crippen LogP contribution in [-0.2, 0) is 0 Å². The van der Waals surface area contributed by atoms with Crippen molar-refractivity contribution in [2.45, 2.75) is 12.8 Å². The van der Waals surface area contributed by atoms with Crippen LogP contribution < -0.4 is 5.32 Å². The monoisotopic (exact) mass is 336 g/mol. The topological polar surface area (TPSA) is 75.4 Å². The van der Waals surface area contributed by atoms with Crippen LogP contribution in [0.2, 0.25) is 0 Å². The molecule has 0 fully saturated rings. The Morgan fingerprint density at radius 3 is 2.75 bits per heavy atom. The molecule has 6 heteroatoms. The van der Waals surface area contributed by atoms with Gasteiger partial charge in [-0.3, -0.25) is 10.1 Å². The number of nitro groups is 1. The molecule has 0 aromatic heterocycles. The molecular weight excluding hydrogens is 323 g/mol. The lowest BCUT2D eigenvalue weighted by atomic mass is 10.2. The third-order valence-corrected chi connectivity index (χ3v) is 2.92. The van der Waals surface area contributed by atoms with Crippen LogP contribution in [0.3, 0.4) is 0 Å². The molecule has 0 amide bonds. The molecule has 0 radical (unpaired) electrons. The molecule has 0 aliphatic rings. The van der Waals surface area contributed by atoms with Crippen molar-refractivity contribution >= 4 is 34.0 Å². The summed E-state index contributed by atoms with van der Waals surface area (Å²) in [5, 5.41) is 22.3. The quantitative estimate of drug-likeness (QED) is 0.362. The second kappa shape index (κ2) is 6.64. The number of benzene rings is 1. The maximum absolute atomic E-state index is 10.6. The molecule has 88 valence electrons. The van der Waals surface area contributed by atoms with E-state index in [-0.39, 0.29) is 12.3 Å². The van der Waals surface area contributed by atoms with Crippen LogP contribution in [0.1, 0.15) is 12.8 Å². The van der Waals surface area contributed by atoms with Crippen LogP contribution >= 0.6 is 22.6 Å². The highest BCUT2D eigenvalue weighted by molar-refractivity contribution is 14.1. The molecule has 5 nitrogen and oxygen atoms in total. The minimum atomic E-state index is -0.392. The lowest BCUT2D eigenvalue weighted by Crippen LogP contribution is -2.03. The fourth-order valence-corrected chi connectivity index (χ4v) is 1.95. The van der Waals surface area contributed by atoms with Gasteiger partial charge in [0.2, 0.25) is 0 Å². The van der Waals surface area contributed by atoms with Gasteiger partial charge in [-0.05, 0) is 47.6 Å². The van der Waals surface area contributed by atoms with Crippen molar-refractivity contribution in [2.75, 3.05) is 18.5 Å². The Hall–Kier alpha value is -0.890. The maximum Gasteiger partial charge on any atom is 0.282 e. The number of unbranched alkanes of at least 4 members (excludes halogenated alkanes) is 1.